The van der Waals surface area contributed by atoms with Crippen LogP contribution in [0, 0.1) is 0 Å². The van der Waals surface area contributed by atoms with Crippen LogP contribution in [-0.2, 0) is 10.0 Å². The molecular formula is C21H26N2O4S. The van der Waals surface area contributed by atoms with E-state index in [-0.39, 0.29) is 17.3 Å². The number of ether oxygens (including phenoxy) is 1. The fraction of sp³-hybridized carbons (Fsp3) is 0.286. The average Bonchev–Trinajstić information content (AvgIpc) is 2.70. The molecule has 7 heteroatoms. The molecule has 0 radical (unpaired) electrons. The van der Waals surface area contributed by atoms with Gasteiger partial charge in [-0.15, -0.1) is 6.58 Å². The van der Waals surface area contributed by atoms with Gasteiger partial charge in [0.2, 0.25) is 10.0 Å². The molecule has 0 saturated heterocycles. The zero-order chi connectivity index (χ0) is 20.4. The normalized spacial score (nSPS) is 11.0. The molecule has 0 spiro atoms. The highest BCUT2D eigenvalue weighted by molar-refractivity contribution is 7.89. The van der Waals surface area contributed by atoms with E-state index >= 15 is 0 Å². The van der Waals surface area contributed by atoms with Crippen LogP contribution in [0.25, 0.3) is 0 Å². The second-order valence-corrected chi connectivity index (χ2v) is 7.94. The van der Waals surface area contributed by atoms with Crippen LogP contribution in [-0.4, -0.2) is 27.5 Å². The maximum absolute atomic E-state index is 12.6. The number of hydrogen-bond donors (Lipinski definition) is 2. The number of sulfonamides is 1. The Balaban J connectivity index is 2.06. The van der Waals surface area contributed by atoms with Crippen LogP contribution in [0.3, 0.4) is 0 Å². The zero-order valence-electron chi connectivity index (χ0n) is 16.0. The Kier molecular flexibility index (Phi) is 8.22. The van der Waals surface area contributed by atoms with Crippen LogP contribution >= 0.6 is 0 Å². The summed E-state index contributed by atoms with van der Waals surface area (Å²) in [6.45, 7) is 6.31. The SMILES string of the molecule is C=CCNS(=O)(=O)c1ccc(NC(=O)c2ccccc2OCCCCC)cc1. The molecule has 2 aromatic rings. The van der Waals surface area contributed by atoms with Gasteiger partial charge in [-0.1, -0.05) is 38.0 Å². The van der Waals surface area contributed by atoms with Crippen LogP contribution in [0.4, 0.5) is 5.69 Å². The first-order chi connectivity index (χ1) is 13.5. The molecular weight excluding hydrogens is 376 g/mol. The van der Waals surface area contributed by atoms with Crippen molar-refractivity contribution < 1.29 is 17.9 Å². The number of benzene rings is 2. The summed E-state index contributed by atoms with van der Waals surface area (Å²) in [5.74, 6) is 0.218. The first-order valence-electron chi connectivity index (χ1n) is 9.21. The number of para-hydroxylation sites is 1. The van der Waals surface area contributed by atoms with Crippen LogP contribution in [0.15, 0.2) is 66.1 Å². The van der Waals surface area contributed by atoms with Crippen molar-refractivity contribution in [3.63, 3.8) is 0 Å². The van der Waals surface area contributed by atoms with Crippen molar-refractivity contribution in [3.05, 3.63) is 66.7 Å². The Morgan fingerprint density at radius 2 is 1.82 bits per heavy atom. The Labute approximate surface area is 166 Å². The smallest absolute Gasteiger partial charge is 0.259 e. The first kappa shape index (κ1) is 21.7. The molecule has 2 N–H and O–H groups in total. The van der Waals surface area contributed by atoms with Crippen molar-refractivity contribution in [3.8, 4) is 5.75 Å². The van der Waals surface area contributed by atoms with Gasteiger partial charge in [-0.25, -0.2) is 13.1 Å². The van der Waals surface area contributed by atoms with Crippen molar-refractivity contribution in [1.29, 1.82) is 0 Å². The quantitative estimate of drug-likeness (QED) is 0.440. The fourth-order valence-electron chi connectivity index (χ4n) is 2.48. The summed E-state index contributed by atoms with van der Waals surface area (Å²) in [5, 5.41) is 2.77. The lowest BCUT2D eigenvalue weighted by Gasteiger charge is -2.12. The number of rotatable bonds is 11. The third-order valence-electron chi connectivity index (χ3n) is 3.98. The van der Waals surface area contributed by atoms with Gasteiger partial charge >= 0.3 is 0 Å². The molecule has 1 amide bonds. The second kappa shape index (κ2) is 10.6. The molecule has 2 rings (SSSR count). The molecule has 0 aliphatic heterocycles. The Hall–Kier alpha value is -2.64. The van der Waals surface area contributed by atoms with E-state index in [0.717, 1.165) is 19.3 Å². The van der Waals surface area contributed by atoms with Gasteiger partial charge < -0.3 is 10.1 Å². The fourth-order valence-corrected chi connectivity index (χ4v) is 3.48. The standard InChI is InChI=1S/C21H26N2O4S/c1-3-5-8-16-27-20-10-7-6-9-19(20)21(24)23-17-11-13-18(14-12-17)28(25,26)22-15-4-2/h4,6-7,9-14,22H,2-3,5,8,15-16H2,1H3,(H,23,24). The Bertz CT molecular complexity index is 893. The molecule has 0 aliphatic rings. The van der Waals surface area contributed by atoms with Crippen molar-refractivity contribution in [1.82, 2.24) is 4.72 Å². The van der Waals surface area contributed by atoms with Crippen molar-refractivity contribution >= 4 is 21.6 Å². The number of unbranched alkanes of at least 4 members (excludes halogenated alkanes) is 2. The third kappa shape index (κ3) is 6.21. The summed E-state index contributed by atoms with van der Waals surface area (Å²) in [6, 6.07) is 13.0. The number of amides is 1. The van der Waals surface area contributed by atoms with E-state index in [4.69, 9.17) is 4.74 Å². The van der Waals surface area contributed by atoms with Crippen LogP contribution < -0.4 is 14.8 Å². The topological polar surface area (TPSA) is 84.5 Å². The summed E-state index contributed by atoms with van der Waals surface area (Å²) in [5.41, 5.74) is 0.928. The van der Waals surface area contributed by atoms with E-state index in [1.807, 2.05) is 6.07 Å². The molecule has 150 valence electrons. The highest BCUT2D eigenvalue weighted by atomic mass is 32.2. The predicted molar refractivity (Wildman–Crippen MR) is 111 cm³/mol. The molecule has 0 unspecified atom stereocenters. The molecule has 0 bridgehead atoms. The highest BCUT2D eigenvalue weighted by Crippen LogP contribution is 2.21. The van der Waals surface area contributed by atoms with E-state index in [0.29, 0.717) is 23.6 Å². The molecule has 0 saturated carbocycles. The van der Waals surface area contributed by atoms with Gasteiger partial charge in [0.05, 0.1) is 17.1 Å². The van der Waals surface area contributed by atoms with Gasteiger partial charge in [0.15, 0.2) is 0 Å². The largest absolute Gasteiger partial charge is 0.493 e. The van der Waals surface area contributed by atoms with Gasteiger partial charge in [0.25, 0.3) is 5.91 Å². The lowest BCUT2D eigenvalue weighted by Crippen LogP contribution is -2.23. The minimum absolute atomic E-state index is 0.118. The molecule has 2 aromatic carbocycles. The third-order valence-corrected chi connectivity index (χ3v) is 5.42. The number of hydrogen-bond acceptors (Lipinski definition) is 4. The first-order valence-corrected chi connectivity index (χ1v) is 10.7. The lowest BCUT2D eigenvalue weighted by atomic mass is 10.2. The molecule has 0 heterocycles. The number of carbonyl (C=O) groups excluding carboxylic acids is 1. The van der Waals surface area contributed by atoms with Crippen LogP contribution in [0.5, 0.6) is 5.75 Å². The van der Waals surface area contributed by atoms with Gasteiger partial charge in [-0.3, -0.25) is 4.79 Å². The molecule has 0 fully saturated rings. The van der Waals surface area contributed by atoms with Crippen molar-refractivity contribution in [2.24, 2.45) is 0 Å². The molecule has 0 aliphatic carbocycles. The number of carbonyl (C=O) groups is 1. The van der Waals surface area contributed by atoms with Gasteiger partial charge in [0, 0.05) is 12.2 Å². The Morgan fingerprint density at radius 3 is 2.50 bits per heavy atom. The summed E-state index contributed by atoms with van der Waals surface area (Å²) in [4.78, 5) is 12.7. The lowest BCUT2D eigenvalue weighted by molar-refractivity contribution is 0.102. The van der Waals surface area contributed by atoms with Crippen LogP contribution in [0.2, 0.25) is 0 Å². The predicted octanol–water partition coefficient (Wildman–Crippen LogP) is 3.97. The minimum Gasteiger partial charge on any atom is -0.493 e. The summed E-state index contributed by atoms with van der Waals surface area (Å²) >= 11 is 0. The Morgan fingerprint density at radius 1 is 1.11 bits per heavy atom. The summed E-state index contributed by atoms with van der Waals surface area (Å²) in [6.07, 6.45) is 4.57. The van der Waals surface area contributed by atoms with Gasteiger partial charge in [-0.2, -0.15) is 0 Å². The zero-order valence-corrected chi connectivity index (χ0v) is 16.8. The monoisotopic (exact) mass is 402 g/mol. The molecule has 28 heavy (non-hydrogen) atoms. The number of nitrogens with one attached hydrogen (secondary N) is 2. The van der Waals surface area contributed by atoms with E-state index in [1.54, 1.807) is 30.3 Å². The molecule has 0 aromatic heterocycles. The minimum atomic E-state index is -3.60. The number of anilines is 1. The maximum atomic E-state index is 12.6. The van der Waals surface area contributed by atoms with E-state index in [1.165, 1.54) is 18.2 Å². The van der Waals surface area contributed by atoms with Gasteiger partial charge in [0.1, 0.15) is 5.75 Å². The summed E-state index contributed by atoms with van der Waals surface area (Å²) < 4.78 is 32.3. The average molecular weight is 403 g/mol. The van der Waals surface area contributed by atoms with Crippen molar-refractivity contribution in [2.45, 2.75) is 31.1 Å². The second-order valence-electron chi connectivity index (χ2n) is 6.17. The van der Waals surface area contributed by atoms with Gasteiger partial charge in [-0.05, 0) is 42.8 Å². The van der Waals surface area contributed by atoms with E-state index in [2.05, 4.69) is 23.5 Å². The molecule has 0 atom stereocenters. The van der Waals surface area contributed by atoms with E-state index < -0.39 is 10.0 Å². The van der Waals surface area contributed by atoms with E-state index in [9.17, 15) is 13.2 Å². The summed E-state index contributed by atoms with van der Waals surface area (Å²) in [7, 11) is -3.60. The van der Waals surface area contributed by atoms with Crippen LogP contribution in [0.1, 0.15) is 36.5 Å². The molecule has 6 nitrogen and oxygen atoms in total. The van der Waals surface area contributed by atoms with Crippen molar-refractivity contribution in [2.75, 3.05) is 18.5 Å². The maximum Gasteiger partial charge on any atom is 0.259 e. The highest BCUT2D eigenvalue weighted by Gasteiger charge is 2.15.